The lowest BCUT2D eigenvalue weighted by Crippen LogP contribution is -2.45. The number of amides is 1. The number of fused-ring (bicyclic) bond motifs is 2. The van der Waals surface area contributed by atoms with Crippen molar-refractivity contribution in [1.82, 2.24) is 10.2 Å². The summed E-state index contributed by atoms with van der Waals surface area (Å²) in [6.45, 7) is 5.22. The lowest BCUT2D eigenvalue weighted by Gasteiger charge is -2.36. The van der Waals surface area contributed by atoms with Gasteiger partial charge in [0.2, 0.25) is 0 Å². The highest BCUT2D eigenvalue weighted by atomic mass is 16.1. The van der Waals surface area contributed by atoms with E-state index in [2.05, 4.69) is 57.6 Å². The fraction of sp³-hybridized carbons (Fsp3) is 0.480. The molecule has 2 aromatic rings. The van der Waals surface area contributed by atoms with Gasteiger partial charge in [0.1, 0.15) is 0 Å². The first kappa shape index (κ1) is 18.7. The van der Waals surface area contributed by atoms with Crippen LogP contribution in [0.15, 0.2) is 54.6 Å². The zero-order chi connectivity index (χ0) is 19.6. The molecule has 1 heterocycles. The van der Waals surface area contributed by atoms with Crippen molar-refractivity contribution in [1.29, 1.82) is 0 Å². The number of carbonyl (C=O) groups excluding carboxylic acids is 1. The third-order valence-electron chi connectivity index (χ3n) is 7.17. The normalized spacial score (nSPS) is 26.6. The van der Waals surface area contributed by atoms with Crippen molar-refractivity contribution < 1.29 is 4.79 Å². The maximum Gasteiger partial charge on any atom is 0.251 e. The van der Waals surface area contributed by atoms with Crippen LogP contribution in [0.3, 0.4) is 0 Å². The summed E-state index contributed by atoms with van der Waals surface area (Å²) in [7, 11) is 0. The van der Waals surface area contributed by atoms with E-state index in [0.29, 0.717) is 6.04 Å². The fourth-order valence-corrected chi connectivity index (χ4v) is 5.50. The van der Waals surface area contributed by atoms with E-state index in [1.54, 1.807) is 0 Å². The van der Waals surface area contributed by atoms with E-state index in [1.165, 1.54) is 36.9 Å². The number of hydrogen-bond donors (Lipinski definition) is 1. The summed E-state index contributed by atoms with van der Waals surface area (Å²) in [5.41, 5.74) is 3.40. The van der Waals surface area contributed by atoms with E-state index in [4.69, 9.17) is 0 Å². The maximum atomic E-state index is 12.6. The van der Waals surface area contributed by atoms with Crippen molar-refractivity contribution in [3.8, 4) is 0 Å². The number of nitrogens with one attached hydrogen (secondary N) is 1. The Morgan fingerprint density at radius 2 is 1.66 bits per heavy atom. The number of carbonyl (C=O) groups is 1. The SMILES string of the molecule is O=C(N[C@H]1C[C@@H]2CC[C@H]1C2)c1ccc(CN2CCN(c3ccccc3)CC2)cc1. The molecule has 1 saturated heterocycles. The molecule has 0 spiro atoms. The summed E-state index contributed by atoms with van der Waals surface area (Å²) in [6.07, 6.45) is 5.17. The van der Waals surface area contributed by atoms with Crippen LogP contribution >= 0.6 is 0 Å². The van der Waals surface area contributed by atoms with Crippen LogP contribution in [0.25, 0.3) is 0 Å². The first-order valence-corrected chi connectivity index (χ1v) is 11.2. The minimum absolute atomic E-state index is 0.102. The minimum Gasteiger partial charge on any atom is -0.369 e. The Balaban J connectivity index is 1.12. The molecule has 1 aliphatic heterocycles. The van der Waals surface area contributed by atoms with Gasteiger partial charge in [-0.1, -0.05) is 36.8 Å². The van der Waals surface area contributed by atoms with Crippen molar-refractivity contribution in [3.05, 3.63) is 65.7 Å². The van der Waals surface area contributed by atoms with E-state index in [0.717, 1.165) is 50.1 Å². The highest BCUT2D eigenvalue weighted by Gasteiger charge is 2.40. The van der Waals surface area contributed by atoms with Crippen LogP contribution in [-0.2, 0) is 6.54 Å². The summed E-state index contributed by atoms with van der Waals surface area (Å²) < 4.78 is 0. The molecule has 1 N–H and O–H groups in total. The lowest BCUT2D eigenvalue weighted by molar-refractivity contribution is 0.0923. The number of benzene rings is 2. The Labute approximate surface area is 173 Å². The van der Waals surface area contributed by atoms with Gasteiger partial charge in [-0.25, -0.2) is 0 Å². The quantitative estimate of drug-likeness (QED) is 0.842. The van der Waals surface area contributed by atoms with Crippen LogP contribution in [0.1, 0.15) is 41.6 Å². The topological polar surface area (TPSA) is 35.6 Å². The largest absolute Gasteiger partial charge is 0.369 e. The summed E-state index contributed by atoms with van der Waals surface area (Å²) in [4.78, 5) is 17.6. The van der Waals surface area contributed by atoms with Crippen molar-refractivity contribution in [2.75, 3.05) is 31.1 Å². The number of piperazine rings is 1. The number of anilines is 1. The van der Waals surface area contributed by atoms with E-state index in [-0.39, 0.29) is 5.91 Å². The number of nitrogens with zero attached hydrogens (tertiary/aromatic N) is 2. The Morgan fingerprint density at radius 3 is 2.31 bits per heavy atom. The molecule has 5 rings (SSSR count). The van der Waals surface area contributed by atoms with Crippen LogP contribution in [-0.4, -0.2) is 43.0 Å². The number of rotatable bonds is 5. The van der Waals surface area contributed by atoms with Crippen LogP contribution in [0.5, 0.6) is 0 Å². The molecule has 2 saturated carbocycles. The van der Waals surface area contributed by atoms with E-state index in [1.807, 2.05) is 12.1 Å². The molecule has 4 nitrogen and oxygen atoms in total. The Kier molecular flexibility index (Phi) is 5.28. The van der Waals surface area contributed by atoms with Gasteiger partial charge in [-0.2, -0.15) is 0 Å². The maximum absolute atomic E-state index is 12.6. The monoisotopic (exact) mass is 389 g/mol. The smallest absolute Gasteiger partial charge is 0.251 e. The average molecular weight is 390 g/mol. The third-order valence-corrected chi connectivity index (χ3v) is 7.17. The van der Waals surface area contributed by atoms with Crippen molar-refractivity contribution >= 4 is 11.6 Å². The van der Waals surface area contributed by atoms with Gasteiger partial charge >= 0.3 is 0 Å². The molecular weight excluding hydrogens is 358 g/mol. The van der Waals surface area contributed by atoms with Gasteiger partial charge in [0.25, 0.3) is 5.91 Å². The second kappa shape index (κ2) is 8.19. The molecule has 3 fully saturated rings. The standard InChI is InChI=1S/C25H31N3O/c29-25(26-24-17-20-8-11-22(24)16-20)21-9-6-19(7-10-21)18-27-12-14-28(15-13-27)23-4-2-1-3-5-23/h1-7,9-10,20,22,24H,8,11-18H2,(H,26,29)/t20-,22+,24+/m1/s1. The Morgan fingerprint density at radius 1 is 0.897 bits per heavy atom. The Bertz CT molecular complexity index is 827. The van der Waals surface area contributed by atoms with E-state index >= 15 is 0 Å². The number of hydrogen-bond acceptors (Lipinski definition) is 3. The molecular formula is C25H31N3O. The minimum atomic E-state index is 0.102. The zero-order valence-corrected chi connectivity index (χ0v) is 17.1. The predicted octanol–water partition coefficient (Wildman–Crippen LogP) is 3.93. The second-order valence-corrected chi connectivity index (χ2v) is 9.05. The molecule has 0 aromatic heterocycles. The van der Waals surface area contributed by atoms with Crippen molar-refractivity contribution in [3.63, 3.8) is 0 Å². The van der Waals surface area contributed by atoms with Gasteiger partial charge < -0.3 is 10.2 Å². The van der Waals surface area contributed by atoms with Gasteiger partial charge in [-0.15, -0.1) is 0 Å². The summed E-state index contributed by atoms with van der Waals surface area (Å²) in [5, 5.41) is 3.29. The van der Waals surface area contributed by atoms with Crippen molar-refractivity contribution in [2.45, 2.75) is 38.3 Å². The predicted molar refractivity (Wildman–Crippen MR) is 117 cm³/mol. The molecule has 29 heavy (non-hydrogen) atoms. The zero-order valence-electron chi connectivity index (χ0n) is 17.1. The van der Waals surface area contributed by atoms with Crippen molar-refractivity contribution in [2.24, 2.45) is 11.8 Å². The van der Waals surface area contributed by atoms with Gasteiger partial charge in [0.15, 0.2) is 0 Å². The van der Waals surface area contributed by atoms with Gasteiger partial charge in [0, 0.05) is 50.0 Å². The molecule has 2 aliphatic carbocycles. The van der Waals surface area contributed by atoms with Gasteiger partial charge in [-0.05, 0) is 60.9 Å². The molecule has 1 amide bonds. The second-order valence-electron chi connectivity index (χ2n) is 9.05. The molecule has 2 bridgehead atoms. The summed E-state index contributed by atoms with van der Waals surface area (Å²) >= 11 is 0. The van der Waals surface area contributed by atoms with Crippen LogP contribution in [0.2, 0.25) is 0 Å². The first-order chi connectivity index (χ1) is 14.2. The van der Waals surface area contributed by atoms with Crippen LogP contribution in [0.4, 0.5) is 5.69 Å². The molecule has 0 unspecified atom stereocenters. The van der Waals surface area contributed by atoms with Gasteiger partial charge in [0.05, 0.1) is 0 Å². The highest BCUT2D eigenvalue weighted by molar-refractivity contribution is 5.94. The van der Waals surface area contributed by atoms with E-state index < -0.39 is 0 Å². The van der Waals surface area contributed by atoms with Crippen LogP contribution < -0.4 is 10.2 Å². The molecule has 152 valence electrons. The molecule has 0 radical (unpaired) electrons. The molecule has 2 aromatic carbocycles. The van der Waals surface area contributed by atoms with E-state index in [9.17, 15) is 4.79 Å². The molecule has 3 atom stereocenters. The first-order valence-electron chi connectivity index (χ1n) is 11.2. The average Bonchev–Trinajstić information content (AvgIpc) is 3.39. The number of para-hydroxylation sites is 1. The Hall–Kier alpha value is -2.33. The lowest BCUT2D eigenvalue weighted by atomic mass is 9.95. The third kappa shape index (κ3) is 4.18. The highest BCUT2D eigenvalue weighted by Crippen LogP contribution is 2.44. The van der Waals surface area contributed by atoms with Crippen LogP contribution in [0, 0.1) is 11.8 Å². The van der Waals surface area contributed by atoms with Gasteiger partial charge in [-0.3, -0.25) is 9.69 Å². The fourth-order valence-electron chi connectivity index (χ4n) is 5.50. The molecule has 3 aliphatic rings. The molecule has 4 heteroatoms. The summed E-state index contributed by atoms with van der Waals surface area (Å²) in [6, 6.07) is 19.3. The summed E-state index contributed by atoms with van der Waals surface area (Å²) in [5.74, 6) is 1.68.